The first-order valence-corrected chi connectivity index (χ1v) is 10.3. The number of rotatable bonds is 10. The maximum atomic E-state index is 11.7. The second-order valence-electron chi connectivity index (χ2n) is 7.70. The van der Waals surface area contributed by atoms with E-state index in [0.29, 0.717) is 0 Å². The first kappa shape index (κ1) is 21.2. The largest absolute Gasteiger partial charge is 0.478 e. The summed E-state index contributed by atoms with van der Waals surface area (Å²) < 4.78 is 0. The van der Waals surface area contributed by atoms with Gasteiger partial charge in [-0.05, 0) is 48.8 Å². The monoisotopic (exact) mass is 372 g/mol. The summed E-state index contributed by atoms with van der Waals surface area (Å²) in [7, 11) is 0. The Bertz CT molecular complexity index is 656. The number of aromatic carboxylic acids is 2. The Balaban J connectivity index is 2.12. The van der Waals surface area contributed by atoms with E-state index in [2.05, 4.69) is 19.1 Å². The second kappa shape index (κ2) is 10.9. The molecule has 2 N–H and O–H groups in total. The van der Waals surface area contributed by atoms with Gasteiger partial charge in [0.05, 0.1) is 11.1 Å². The van der Waals surface area contributed by atoms with Gasteiger partial charge in [0.25, 0.3) is 0 Å². The summed E-state index contributed by atoms with van der Waals surface area (Å²) >= 11 is 0. The van der Waals surface area contributed by atoms with Crippen molar-refractivity contribution in [1.29, 1.82) is 0 Å². The molecule has 4 heteroatoms. The fourth-order valence-corrected chi connectivity index (χ4v) is 4.05. The summed E-state index contributed by atoms with van der Waals surface area (Å²) in [5, 5.41) is 18.7. The molecule has 0 spiro atoms. The molecule has 1 unspecified atom stereocenters. The van der Waals surface area contributed by atoms with Gasteiger partial charge in [-0.15, -0.1) is 0 Å². The molecule has 1 aliphatic rings. The van der Waals surface area contributed by atoms with Crippen LogP contribution in [0.2, 0.25) is 0 Å². The molecule has 1 atom stereocenters. The molecule has 0 aliphatic heterocycles. The van der Waals surface area contributed by atoms with Gasteiger partial charge in [0.1, 0.15) is 0 Å². The SMILES string of the molecule is CCCCC(CC=CCC1CCCCC1)c1ccc(C(=O)O)cc1C(=O)O. The molecule has 148 valence electrons. The lowest BCUT2D eigenvalue weighted by Gasteiger charge is -2.20. The van der Waals surface area contributed by atoms with Crippen LogP contribution in [-0.2, 0) is 0 Å². The quantitative estimate of drug-likeness (QED) is 0.474. The number of hydrogen-bond donors (Lipinski definition) is 2. The van der Waals surface area contributed by atoms with Crippen LogP contribution in [0.15, 0.2) is 30.4 Å². The first-order valence-electron chi connectivity index (χ1n) is 10.3. The molecule has 0 radical (unpaired) electrons. The molecular weight excluding hydrogens is 340 g/mol. The number of hydrogen-bond acceptors (Lipinski definition) is 2. The van der Waals surface area contributed by atoms with Gasteiger partial charge in [0.15, 0.2) is 0 Å². The zero-order valence-corrected chi connectivity index (χ0v) is 16.3. The molecule has 1 aliphatic carbocycles. The van der Waals surface area contributed by atoms with E-state index in [-0.39, 0.29) is 17.0 Å². The van der Waals surface area contributed by atoms with Gasteiger partial charge in [-0.25, -0.2) is 9.59 Å². The van der Waals surface area contributed by atoms with Crippen molar-refractivity contribution in [2.45, 2.75) is 77.0 Å². The summed E-state index contributed by atoms with van der Waals surface area (Å²) in [4.78, 5) is 22.9. The summed E-state index contributed by atoms with van der Waals surface area (Å²) in [6.07, 6.45) is 16.1. The predicted octanol–water partition coefficient (Wildman–Crippen LogP) is 6.27. The number of carbonyl (C=O) groups is 2. The molecule has 0 bridgehead atoms. The van der Waals surface area contributed by atoms with Gasteiger partial charge in [-0.1, -0.05) is 70.1 Å². The third kappa shape index (κ3) is 6.53. The van der Waals surface area contributed by atoms with Gasteiger partial charge in [0.2, 0.25) is 0 Å². The van der Waals surface area contributed by atoms with Gasteiger partial charge >= 0.3 is 11.9 Å². The van der Waals surface area contributed by atoms with Gasteiger partial charge in [-0.2, -0.15) is 0 Å². The average molecular weight is 373 g/mol. The van der Waals surface area contributed by atoms with Crippen LogP contribution in [0, 0.1) is 5.92 Å². The molecule has 1 fully saturated rings. The average Bonchev–Trinajstić information content (AvgIpc) is 2.67. The van der Waals surface area contributed by atoms with Crippen molar-refractivity contribution < 1.29 is 19.8 Å². The first-order chi connectivity index (χ1) is 13.0. The Morgan fingerprint density at radius 3 is 2.48 bits per heavy atom. The Morgan fingerprint density at radius 2 is 1.85 bits per heavy atom. The molecule has 4 nitrogen and oxygen atoms in total. The summed E-state index contributed by atoms with van der Waals surface area (Å²) in [5.41, 5.74) is 0.901. The molecule has 0 saturated heterocycles. The highest BCUT2D eigenvalue weighted by Gasteiger charge is 2.20. The number of allylic oxidation sites excluding steroid dienone is 2. The highest BCUT2D eigenvalue weighted by Crippen LogP contribution is 2.31. The van der Waals surface area contributed by atoms with Gasteiger partial charge in [-0.3, -0.25) is 0 Å². The normalized spacial score (nSPS) is 16.5. The number of unbranched alkanes of at least 4 members (excludes halogenated alkanes) is 1. The van der Waals surface area contributed by atoms with E-state index in [0.717, 1.165) is 43.6 Å². The van der Waals surface area contributed by atoms with E-state index in [1.54, 1.807) is 6.07 Å². The highest BCUT2D eigenvalue weighted by atomic mass is 16.4. The van der Waals surface area contributed by atoms with Crippen molar-refractivity contribution in [1.82, 2.24) is 0 Å². The number of carboxylic acid groups (broad SMARTS) is 2. The molecule has 2 rings (SSSR count). The van der Waals surface area contributed by atoms with E-state index < -0.39 is 11.9 Å². The third-order valence-electron chi connectivity index (χ3n) is 5.66. The smallest absolute Gasteiger partial charge is 0.335 e. The topological polar surface area (TPSA) is 74.6 Å². The Kier molecular flexibility index (Phi) is 8.56. The summed E-state index contributed by atoms with van der Waals surface area (Å²) in [6, 6.07) is 4.52. The highest BCUT2D eigenvalue weighted by molar-refractivity contribution is 5.95. The third-order valence-corrected chi connectivity index (χ3v) is 5.66. The fourth-order valence-electron chi connectivity index (χ4n) is 4.05. The van der Waals surface area contributed by atoms with E-state index in [1.165, 1.54) is 44.2 Å². The molecule has 0 heterocycles. The fraction of sp³-hybridized carbons (Fsp3) is 0.565. The lowest BCUT2D eigenvalue weighted by molar-refractivity contribution is 0.0694. The van der Waals surface area contributed by atoms with Crippen LogP contribution < -0.4 is 0 Å². The Labute approximate surface area is 162 Å². The maximum Gasteiger partial charge on any atom is 0.335 e. The van der Waals surface area contributed by atoms with E-state index >= 15 is 0 Å². The second-order valence-corrected chi connectivity index (χ2v) is 7.70. The van der Waals surface area contributed by atoms with Crippen molar-refractivity contribution in [2.24, 2.45) is 5.92 Å². The van der Waals surface area contributed by atoms with Crippen molar-refractivity contribution in [3.63, 3.8) is 0 Å². The van der Waals surface area contributed by atoms with Crippen molar-refractivity contribution >= 4 is 11.9 Å². The lowest BCUT2D eigenvalue weighted by atomic mass is 9.85. The van der Waals surface area contributed by atoms with Crippen LogP contribution in [0.25, 0.3) is 0 Å². The lowest BCUT2D eigenvalue weighted by Crippen LogP contribution is -2.10. The minimum atomic E-state index is -1.10. The van der Waals surface area contributed by atoms with Gasteiger partial charge < -0.3 is 10.2 Å². The molecule has 1 aromatic rings. The van der Waals surface area contributed by atoms with Crippen LogP contribution in [0.5, 0.6) is 0 Å². The van der Waals surface area contributed by atoms with Crippen LogP contribution >= 0.6 is 0 Å². The van der Waals surface area contributed by atoms with Crippen LogP contribution in [0.4, 0.5) is 0 Å². The van der Waals surface area contributed by atoms with E-state index in [1.807, 2.05) is 0 Å². The standard InChI is InChI=1S/C23H32O4/c1-2-3-12-18(13-8-7-11-17-9-5-4-6-10-17)20-15-14-19(22(24)25)16-21(20)23(26)27/h7-8,14-18H,2-6,9-13H2,1H3,(H,24,25)(H,26,27). The predicted molar refractivity (Wildman–Crippen MR) is 108 cm³/mol. The maximum absolute atomic E-state index is 11.7. The number of benzene rings is 1. The zero-order chi connectivity index (χ0) is 19.6. The number of carboxylic acids is 2. The molecule has 1 saturated carbocycles. The minimum Gasteiger partial charge on any atom is -0.478 e. The Hall–Kier alpha value is -2.10. The van der Waals surface area contributed by atoms with Crippen molar-refractivity contribution in [3.05, 3.63) is 47.0 Å². The molecule has 0 aromatic heterocycles. The van der Waals surface area contributed by atoms with Crippen molar-refractivity contribution in [3.8, 4) is 0 Å². The molecular formula is C23H32O4. The Morgan fingerprint density at radius 1 is 1.11 bits per heavy atom. The van der Waals surface area contributed by atoms with Crippen LogP contribution in [-0.4, -0.2) is 22.2 Å². The molecule has 1 aromatic carbocycles. The summed E-state index contributed by atoms with van der Waals surface area (Å²) in [5.74, 6) is -1.24. The summed E-state index contributed by atoms with van der Waals surface area (Å²) in [6.45, 7) is 2.13. The molecule has 27 heavy (non-hydrogen) atoms. The van der Waals surface area contributed by atoms with E-state index in [9.17, 15) is 14.7 Å². The van der Waals surface area contributed by atoms with Crippen LogP contribution in [0.1, 0.15) is 103 Å². The van der Waals surface area contributed by atoms with Crippen molar-refractivity contribution in [2.75, 3.05) is 0 Å². The molecule has 0 amide bonds. The zero-order valence-electron chi connectivity index (χ0n) is 16.3. The van der Waals surface area contributed by atoms with Gasteiger partial charge in [0, 0.05) is 0 Å². The van der Waals surface area contributed by atoms with Crippen LogP contribution in [0.3, 0.4) is 0 Å². The van der Waals surface area contributed by atoms with E-state index in [4.69, 9.17) is 5.11 Å². The minimum absolute atomic E-state index is 0.0261.